The molecule has 2 unspecified atom stereocenters. The van der Waals surface area contributed by atoms with Gasteiger partial charge in [0, 0.05) is 16.9 Å². The van der Waals surface area contributed by atoms with Gasteiger partial charge in [-0.25, -0.2) is 0 Å². The third kappa shape index (κ3) is 3.25. The first-order chi connectivity index (χ1) is 8.58. The van der Waals surface area contributed by atoms with Crippen molar-refractivity contribution in [3.05, 3.63) is 33.3 Å². The quantitative estimate of drug-likeness (QED) is 0.894. The number of aliphatic hydroxyl groups excluding tert-OH is 1. The standard InChI is InChI=1S/C13H15BrClNO2/c14-9-4-5-10(11(15)6-9)13(18)16-7-8-2-1-3-12(8)17/h4-6,8,12,17H,1-3,7H2,(H,16,18). The Labute approximate surface area is 120 Å². The van der Waals surface area contributed by atoms with Gasteiger partial charge in [0.25, 0.3) is 5.91 Å². The van der Waals surface area contributed by atoms with E-state index in [4.69, 9.17) is 11.6 Å². The molecule has 18 heavy (non-hydrogen) atoms. The zero-order valence-electron chi connectivity index (χ0n) is 9.83. The maximum Gasteiger partial charge on any atom is 0.252 e. The van der Waals surface area contributed by atoms with E-state index in [1.165, 1.54) is 0 Å². The minimum Gasteiger partial charge on any atom is -0.393 e. The second-order valence-electron chi connectivity index (χ2n) is 4.59. The Morgan fingerprint density at radius 1 is 1.50 bits per heavy atom. The van der Waals surface area contributed by atoms with Crippen LogP contribution >= 0.6 is 27.5 Å². The van der Waals surface area contributed by atoms with E-state index < -0.39 is 0 Å². The number of carbonyl (C=O) groups excluding carboxylic acids is 1. The van der Waals surface area contributed by atoms with Gasteiger partial charge >= 0.3 is 0 Å². The molecule has 1 aliphatic carbocycles. The SMILES string of the molecule is O=C(NCC1CCCC1O)c1ccc(Br)cc1Cl. The van der Waals surface area contributed by atoms with Gasteiger partial charge in [-0.3, -0.25) is 4.79 Å². The summed E-state index contributed by atoms with van der Waals surface area (Å²) in [6, 6.07) is 5.17. The predicted molar refractivity (Wildman–Crippen MR) is 74.8 cm³/mol. The zero-order valence-corrected chi connectivity index (χ0v) is 12.2. The van der Waals surface area contributed by atoms with Crippen molar-refractivity contribution in [3.8, 4) is 0 Å². The molecule has 0 heterocycles. The fourth-order valence-corrected chi connectivity index (χ4v) is 3.01. The van der Waals surface area contributed by atoms with Crippen LogP contribution in [0.5, 0.6) is 0 Å². The van der Waals surface area contributed by atoms with Crippen LogP contribution < -0.4 is 5.32 Å². The highest BCUT2D eigenvalue weighted by atomic mass is 79.9. The highest BCUT2D eigenvalue weighted by Gasteiger charge is 2.25. The molecule has 2 atom stereocenters. The molecule has 2 N–H and O–H groups in total. The first kappa shape index (κ1) is 13.8. The average Bonchev–Trinajstić information content (AvgIpc) is 2.72. The Balaban J connectivity index is 1.95. The number of aliphatic hydroxyl groups is 1. The van der Waals surface area contributed by atoms with Gasteiger partial charge < -0.3 is 10.4 Å². The van der Waals surface area contributed by atoms with E-state index in [1.807, 2.05) is 0 Å². The molecule has 5 heteroatoms. The zero-order chi connectivity index (χ0) is 13.1. The van der Waals surface area contributed by atoms with Gasteiger partial charge in [0.2, 0.25) is 0 Å². The van der Waals surface area contributed by atoms with Crippen molar-refractivity contribution in [2.75, 3.05) is 6.54 Å². The summed E-state index contributed by atoms with van der Waals surface area (Å²) in [5, 5.41) is 12.9. The Morgan fingerprint density at radius 3 is 2.89 bits per heavy atom. The molecule has 0 radical (unpaired) electrons. The predicted octanol–water partition coefficient (Wildman–Crippen LogP) is 2.99. The van der Waals surface area contributed by atoms with Crippen LogP contribution in [-0.4, -0.2) is 23.7 Å². The number of carbonyl (C=O) groups is 1. The summed E-state index contributed by atoms with van der Waals surface area (Å²) in [5.74, 6) is -0.0187. The molecule has 0 bridgehead atoms. The van der Waals surface area contributed by atoms with E-state index in [9.17, 15) is 9.90 Å². The Kier molecular flexibility index (Phi) is 4.65. The lowest BCUT2D eigenvalue weighted by Crippen LogP contribution is -2.32. The Bertz CT molecular complexity index is 453. The number of nitrogens with one attached hydrogen (secondary N) is 1. The maximum atomic E-state index is 11.9. The number of amides is 1. The summed E-state index contributed by atoms with van der Waals surface area (Å²) in [4.78, 5) is 11.9. The summed E-state index contributed by atoms with van der Waals surface area (Å²) in [6.45, 7) is 0.506. The van der Waals surface area contributed by atoms with Crippen molar-refractivity contribution in [2.45, 2.75) is 25.4 Å². The summed E-state index contributed by atoms with van der Waals surface area (Å²) in [6.07, 6.45) is 2.54. The van der Waals surface area contributed by atoms with Crippen LogP contribution in [0.15, 0.2) is 22.7 Å². The summed E-state index contributed by atoms with van der Waals surface area (Å²) >= 11 is 9.31. The molecule has 0 saturated heterocycles. The van der Waals surface area contributed by atoms with E-state index in [0.29, 0.717) is 17.1 Å². The van der Waals surface area contributed by atoms with Gasteiger partial charge in [-0.2, -0.15) is 0 Å². The lowest BCUT2D eigenvalue weighted by atomic mass is 10.1. The largest absolute Gasteiger partial charge is 0.393 e. The number of benzene rings is 1. The maximum absolute atomic E-state index is 11.9. The highest BCUT2D eigenvalue weighted by molar-refractivity contribution is 9.10. The molecular weight excluding hydrogens is 318 g/mol. The van der Waals surface area contributed by atoms with Gasteiger partial charge in [0.1, 0.15) is 0 Å². The molecule has 3 nitrogen and oxygen atoms in total. The minimum absolute atomic E-state index is 0.170. The van der Waals surface area contributed by atoms with Crippen molar-refractivity contribution < 1.29 is 9.90 Å². The molecule has 1 fully saturated rings. The van der Waals surface area contributed by atoms with Gasteiger partial charge in [0.15, 0.2) is 0 Å². The fourth-order valence-electron chi connectivity index (χ4n) is 2.25. The number of halogens is 2. The minimum atomic E-state index is -0.286. The molecule has 1 aliphatic rings. The second kappa shape index (κ2) is 6.04. The normalized spacial score (nSPS) is 23.1. The van der Waals surface area contributed by atoms with Gasteiger partial charge in [-0.1, -0.05) is 34.0 Å². The monoisotopic (exact) mass is 331 g/mol. The molecule has 1 amide bonds. The lowest BCUT2D eigenvalue weighted by molar-refractivity contribution is 0.0917. The Hall–Kier alpha value is -0.580. The molecule has 1 saturated carbocycles. The Morgan fingerprint density at radius 2 is 2.28 bits per heavy atom. The van der Waals surface area contributed by atoms with Crippen molar-refractivity contribution >= 4 is 33.4 Å². The molecule has 0 aliphatic heterocycles. The summed E-state index contributed by atoms with van der Waals surface area (Å²) < 4.78 is 0.843. The van der Waals surface area contributed by atoms with Gasteiger partial charge in [-0.15, -0.1) is 0 Å². The average molecular weight is 333 g/mol. The topological polar surface area (TPSA) is 49.3 Å². The van der Waals surface area contributed by atoms with Crippen molar-refractivity contribution in [1.29, 1.82) is 0 Å². The van der Waals surface area contributed by atoms with Crippen molar-refractivity contribution in [1.82, 2.24) is 5.32 Å². The molecule has 0 spiro atoms. The molecule has 2 rings (SSSR count). The van der Waals surface area contributed by atoms with E-state index >= 15 is 0 Å². The van der Waals surface area contributed by atoms with E-state index in [-0.39, 0.29) is 17.9 Å². The van der Waals surface area contributed by atoms with Crippen LogP contribution in [0.3, 0.4) is 0 Å². The van der Waals surface area contributed by atoms with Crippen LogP contribution in [0.4, 0.5) is 0 Å². The van der Waals surface area contributed by atoms with Gasteiger partial charge in [-0.05, 0) is 31.0 Å². The highest BCUT2D eigenvalue weighted by Crippen LogP contribution is 2.25. The van der Waals surface area contributed by atoms with Crippen LogP contribution in [0.1, 0.15) is 29.6 Å². The molecule has 1 aromatic rings. The van der Waals surface area contributed by atoms with Crippen LogP contribution in [0.2, 0.25) is 5.02 Å². The van der Waals surface area contributed by atoms with Gasteiger partial charge in [0.05, 0.1) is 16.7 Å². The summed E-state index contributed by atoms with van der Waals surface area (Å²) in [7, 11) is 0. The first-order valence-corrected chi connectivity index (χ1v) is 7.16. The van der Waals surface area contributed by atoms with Crippen molar-refractivity contribution in [2.24, 2.45) is 5.92 Å². The first-order valence-electron chi connectivity index (χ1n) is 5.99. The third-order valence-corrected chi connectivity index (χ3v) is 4.13. The van der Waals surface area contributed by atoms with E-state index in [0.717, 1.165) is 23.7 Å². The number of hydrogen-bond donors (Lipinski definition) is 2. The van der Waals surface area contributed by atoms with Crippen LogP contribution in [0, 0.1) is 5.92 Å². The summed E-state index contributed by atoms with van der Waals surface area (Å²) in [5.41, 5.74) is 0.465. The van der Waals surface area contributed by atoms with E-state index in [2.05, 4.69) is 21.2 Å². The molecular formula is C13H15BrClNO2. The fraction of sp³-hybridized carbons (Fsp3) is 0.462. The second-order valence-corrected chi connectivity index (χ2v) is 5.92. The van der Waals surface area contributed by atoms with Crippen LogP contribution in [-0.2, 0) is 0 Å². The molecule has 0 aromatic heterocycles. The number of rotatable bonds is 3. The molecule has 1 aromatic carbocycles. The number of hydrogen-bond acceptors (Lipinski definition) is 2. The third-order valence-electron chi connectivity index (χ3n) is 3.32. The van der Waals surface area contributed by atoms with E-state index in [1.54, 1.807) is 18.2 Å². The van der Waals surface area contributed by atoms with Crippen LogP contribution in [0.25, 0.3) is 0 Å². The lowest BCUT2D eigenvalue weighted by Gasteiger charge is -2.15. The smallest absolute Gasteiger partial charge is 0.252 e. The van der Waals surface area contributed by atoms with Crippen molar-refractivity contribution in [3.63, 3.8) is 0 Å². The molecule has 98 valence electrons.